The number of hydrogen-bond donors (Lipinski definition) is 2. The van der Waals surface area contributed by atoms with Crippen LogP contribution in [0.25, 0.3) is 0 Å². The molecule has 0 atom stereocenters. The molecule has 0 aliphatic carbocycles. The van der Waals surface area contributed by atoms with Crippen LogP contribution in [0.3, 0.4) is 0 Å². The van der Waals surface area contributed by atoms with Gasteiger partial charge in [0, 0.05) is 11.8 Å². The van der Waals surface area contributed by atoms with Gasteiger partial charge in [0.1, 0.15) is 24.0 Å². The molecule has 0 saturated heterocycles. The van der Waals surface area contributed by atoms with E-state index in [1.54, 1.807) is 29.2 Å². The highest BCUT2D eigenvalue weighted by atomic mass is 19.1. The highest BCUT2D eigenvalue weighted by molar-refractivity contribution is 6.04. The first-order chi connectivity index (χ1) is 14.5. The summed E-state index contributed by atoms with van der Waals surface area (Å²) >= 11 is 0. The van der Waals surface area contributed by atoms with Crippen molar-refractivity contribution in [3.05, 3.63) is 88.5 Å². The Morgan fingerprint density at radius 1 is 1.10 bits per heavy atom. The molecule has 154 valence electrons. The zero-order valence-corrected chi connectivity index (χ0v) is 16.3. The highest BCUT2D eigenvalue weighted by Gasteiger charge is 2.25. The van der Waals surface area contributed by atoms with E-state index in [0.29, 0.717) is 23.7 Å². The predicted octanol–water partition coefficient (Wildman–Crippen LogP) is 4.90. The molecule has 1 aliphatic rings. The minimum Gasteiger partial charge on any atom is -0.489 e. The van der Waals surface area contributed by atoms with E-state index in [9.17, 15) is 18.7 Å². The molecule has 0 saturated carbocycles. The number of benzene rings is 3. The summed E-state index contributed by atoms with van der Waals surface area (Å²) in [5, 5.41) is 12.1. The smallest absolute Gasteiger partial charge is 0.326 e. The summed E-state index contributed by atoms with van der Waals surface area (Å²) in [6.45, 7) is 1.85. The zero-order valence-electron chi connectivity index (χ0n) is 16.3. The van der Waals surface area contributed by atoms with Crippen LogP contribution in [0.15, 0.2) is 54.6 Å². The van der Waals surface area contributed by atoms with Gasteiger partial charge in [0.15, 0.2) is 0 Å². The van der Waals surface area contributed by atoms with Gasteiger partial charge in [-0.05, 0) is 47.9 Å². The Labute approximate surface area is 172 Å². The number of ether oxygens (including phenoxy) is 1. The van der Waals surface area contributed by atoms with Crippen molar-refractivity contribution < 1.29 is 23.4 Å². The van der Waals surface area contributed by atoms with Crippen LogP contribution in [0.2, 0.25) is 0 Å². The van der Waals surface area contributed by atoms with Crippen molar-refractivity contribution in [2.24, 2.45) is 0 Å². The fraction of sp³-hybridized carbons (Fsp3) is 0.174. The summed E-state index contributed by atoms with van der Waals surface area (Å²) in [6.07, 6.45) is 0. The number of urea groups is 1. The van der Waals surface area contributed by atoms with Crippen molar-refractivity contribution in [3.63, 3.8) is 0 Å². The minimum atomic E-state index is -0.670. The number of nitrogens with one attached hydrogen (secondary N) is 1. The van der Waals surface area contributed by atoms with Crippen LogP contribution >= 0.6 is 0 Å². The van der Waals surface area contributed by atoms with Gasteiger partial charge in [0.05, 0.1) is 24.4 Å². The molecule has 1 heterocycles. The summed E-state index contributed by atoms with van der Waals surface area (Å²) in [7, 11) is 0. The monoisotopic (exact) mass is 410 g/mol. The number of carbonyl (C=O) groups excluding carboxylic acids is 1. The van der Waals surface area contributed by atoms with Gasteiger partial charge in [-0.25, -0.2) is 13.6 Å². The summed E-state index contributed by atoms with van der Waals surface area (Å²) in [6, 6.07) is 13.9. The molecule has 0 aromatic heterocycles. The number of nitrogens with zero attached hydrogens (tertiary/aromatic N) is 1. The quantitative estimate of drug-likeness (QED) is 0.629. The summed E-state index contributed by atoms with van der Waals surface area (Å²) in [5.74, 6) is -0.944. The van der Waals surface area contributed by atoms with Crippen molar-refractivity contribution in [2.75, 3.05) is 10.2 Å². The number of rotatable bonds is 5. The summed E-state index contributed by atoms with van der Waals surface area (Å²) in [4.78, 5) is 14.3. The van der Waals surface area contributed by atoms with Crippen molar-refractivity contribution in [2.45, 2.75) is 26.7 Å². The molecule has 4 rings (SSSR count). The number of anilines is 2. The molecule has 1 aliphatic heterocycles. The van der Waals surface area contributed by atoms with E-state index >= 15 is 0 Å². The molecule has 7 heteroatoms. The average molecular weight is 410 g/mol. The normalized spacial score (nSPS) is 13.1. The average Bonchev–Trinajstić information content (AvgIpc) is 2.73. The third kappa shape index (κ3) is 3.84. The van der Waals surface area contributed by atoms with Crippen LogP contribution in [0.5, 0.6) is 5.75 Å². The lowest BCUT2D eigenvalue weighted by molar-refractivity contribution is 0.256. The second kappa shape index (κ2) is 8.12. The largest absolute Gasteiger partial charge is 0.489 e. The molecule has 3 aromatic rings. The molecule has 5 nitrogen and oxygen atoms in total. The van der Waals surface area contributed by atoms with Crippen molar-refractivity contribution in [1.82, 2.24) is 0 Å². The number of halogens is 2. The van der Waals surface area contributed by atoms with Crippen LogP contribution < -0.4 is 15.0 Å². The molecule has 0 unspecified atom stereocenters. The van der Waals surface area contributed by atoms with Gasteiger partial charge in [0.2, 0.25) is 0 Å². The number of aliphatic hydroxyl groups is 1. The minimum absolute atomic E-state index is 0.103. The second-order valence-corrected chi connectivity index (χ2v) is 7.10. The number of carbonyl (C=O) groups is 1. The Hall–Kier alpha value is -3.45. The SMILES string of the molecule is Cc1ccc(OCc2c(F)cccc2F)cc1N1Cc2ccc(CO)cc2NC1=O. The number of fused-ring (bicyclic) bond motifs is 1. The van der Waals surface area contributed by atoms with Gasteiger partial charge in [-0.3, -0.25) is 4.90 Å². The van der Waals surface area contributed by atoms with Gasteiger partial charge in [-0.15, -0.1) is 0 Å². The zero-order chi connectivity index (χ0) is 21.3. The Morgan fingerprint density at radius 2 is 1.87 bits per heavy atom. The Morgan fingerprint density at radius 3 is 2.60 bits per heavy atom. The first kappa shape index (κ1) is 19.8. The van der Waals surface area contributed by atoms with Gasteiger partial charge in [0.25, 0.3) is 0 Å². The topological polar surface area (TPSA) is 61.8 Å². The van der Waals surface area contributed by atoms with Gasteiger partial charge >= 0.3 is 6.03 Å². The van der Waals surface area contributed by atoms with Crippen LogP contribution in [-0.2, 0) is 19.8 Å². The fourth-order valence-electron chi connectivity index (χ4n) is 3.39. The molecule has 3 aromatic carbocycles. The van der Waals surface area contributed by atoms with E-state index in [1.165, 1.54) is 18.2 Å². The molecule has 0 radical (unpaired) electrons. The van der Waals surface area contributed by atoms with Gasteiger partial charge in [-0.2, -0.15) is 0 Å². The standard InChI is InChI=1S/C23H20F2N2O3/c1-14-5-8-17(30-13-18-19(24)3-2-4-20(18)25)10-22(14)27-11-16-7-6-15(12-28)9-21(16)26-23(27)29/h2-10,28H,11-13H2,1H3,(H,26,29). The van der Waals surface area contributed by atoms with E-state index in [-0.39, 0.29) is 24.8 Å². The molecule has 0 bridgehead atoms. The maximum Gasteiger partial charge on any atom is 0.326 e. The van der Waals surface area contributed by atoms with Crippen LogP contribution in [-0.4, -0.2) is 11.1 Å². The molecule has 2 N–H and O–H groups in total. The number of hydrogen-bond acceptors (Lipinski definition) is 3. The molecule has 0 fully saturated rings. The molecule has 30 heavy (non-hydrogen) atoms. The Balaban J connectivity index is 1.58. The lowest BCUT2D eigenvalue weighted by Crippen LogP contribution is -2.39. The molecule has 2 amide bonds. The fourth-order valence-corrected chi connectivity index (χ4v) is 3.39. The van der Waals surface area contributed by atoms with E-state index in [2.05, 4.69) is 5.32 Å². The summed E-state index contributed by atoms with van der Waals surface area (Å²) in [5.41, 5.74) is 3.63. The molecular weight excluding hydrogens is 390 g/mol. The van der Waals surface area contributed by atoms with E-state index < -0.39 is 11.6 Å². The Bertz CT molecular complexity index is 1100. The number of aryl methyl sites for hydroxylation is 1. The summed E-state index contributed by atoms with van der Waals surface area (Å²) < 4.78 is 33.3. The first-order valence-corrected chi connectivity index (χ1v) is 9.44. The van der Waals surface area contributed by atoms with Crippen molar-refractivity contribution in [1.29, 1.82) is 0 Å². The van der Waals surface area contributed by atoms with Crippen LogP contribution in [0.4, 0.5) is 25.0 Å². The van der Waals surface area contributed by atoms with E-state index in [4.69, 9.17) is 4.74 Å². The first-order valence-electron chi connectivity index (χ1n) is 9.44. The van der Waals surface area contributed by atoms with Crippen molar-refractivity contribution in [3.8, 4) is 5.75 Å². The second-order valence-electron chi connectivity index (χ2n) is 7.10. The lowest BCUT2D eigenvalue weighted by Gasteiger charge is -2.31. The van der Waals surface area contributed by atoms with Crippen LogP contribution in [0.1, 0.15) is 22.3 Å². The van der Waals surface area contributed by atoms with Gasteiger partial charge < -0.3 is 15.2 Å². The molecular formula is C23H20F2N2O3. The number of amides is 2. The molecule has 0 spiro atoms. The Kier molecular flexibility index (Phi) is 5.37. The van der Waals surface area contributed by atoms with E-state index in [1.807, 2.05) is 19.1 Å². The highest BCUT2D eigenvalue weighted by Crippen LogP contribution is 2.32. The maximum absolute atomic E-state index is 13.8. The maximum atomic E-state index is 13.8. The third-order valence-corrected chi connectivity index (χ3v) is 5.09. The number of aliphatic hydroxyl groups excluding tert-OH is 1. The van der Waals surface area contributed by atoms with E-state index in [0.717, 1.165) is 16.7 Å². The van der Waals surface area contributed by atoms with Gasteiger partial charge in [-0.1, -0.05) is 24.3 Å². The lowest BCUT2D eigenvalue weighted by atomic mass is 10.1. The van der Waals surface area contributed by atoms with Crippen LogP contribution in [0, 0.1) is 18.6 Å². The predicted molar refractivity (Wildman–Crippen MR) is 109 cm³/mol. The third-order valence-electron chi connectivity index (χ3n) is 5.09. The van der Waals surface area contributed by atoms with Crippen molar-refractivity contribution >= 4 is 17.4 Å².